The van der Waals surface area contributed by atoms with E-state index in [2.05, 4.69) is 20.9 Å². The summed E-state index contributed by atoms with van der Waals surface area (Å²) in [5.41, 5.74) is 2.27. The van der Waals surface area contributed by atoms with Crippen LogP contribution in [-0.2, 0) is 11.8 Å². The van der Waals surface area contributed by atoms with Gasteiger partial charge in [0.05, 0.1) is 11.4 Å². The van der Waals surface area contributed by atoms with E-state index in [0.29, 0.717) is 45.0 Å². The van der Waals surface area contributed by atoms with Gasteiger partial charge in [0.1, 0.15) is 10.6 Å². The molecule has 2 aromatic heterocycles. The Labute approximate surface area is 264 Å². The lowest BCUT2D eigenvalue weighted by Crippen LogP contribution is -2.41. The first-order valence-corrected chi connectivity index (χ1v) is 15.4. The van der Waals surface area contributed by atoms with Crippen LogP contribution in [0.15, 0.2) is 48.7 Å². The Morgan fingerprint density at radius 1 is 0.956 bits per heavy atom. The maximum Gasteiger partial charge on any atom is 0.267 e. The van der Waals surface area contributed by atoms with Crippen LogP contribution in [-0.4, -0.2) is 82.6 Å². The van der Waals surface area contributed by atoms with E-state index in [1.54, 1.807) is 55.1 Å². The molecule has 0 aliphatic carbocycles. The fourth-order valence-corrected chi connectivity index (χ4v) is 6.14. The molecular formula is C32H35N7O5S. The van der Waals surface area contributed by atoms with E-state index in [1.807, 2.05) is 31.1 Å². The first-order valence-electron chi connectivity index (χ1n) is 14.6. The van der Waals surface area contributed by atoms with Gasteiger partial charge in [-0.1, -0.05) is 35.6 Å². The molecule has 0 unspecified atom stereocenters. The van der Waals surface area contributed by atoms with E-state index in [4.69, 9.17) is 0 Å². The Morgan fingerprint density at radius 3 is 2.31 bits per heavy atom. The number of rotatable bonds is 12. The Kier molecular flexibility index (Phi) is 9.40. The number of carbonyl (C=O) groups is 5. The zero-order valence-electron chi connectivity index (χ0n) is 25.6. The molecule has 1 aliphatic heterocycles. The minimum atomic E-state index is -0.411. The summed E-state index contributed by atoms with van der Waals surface area (Å²) < 4.78 is 1.65. The monoisotopic (exact) mass is 629 g/mol. The van der Waals surface area contributed by atoms with Gasteiger partial charge in [-0.2, -0.15) is 0 Å². The number of imide groups is 1. The van der Waals surface area contributed by atoms with Gasteiger partial charge < -0.3 is 25.4 Å². The molecule has 0 bridgehead atoms. The number of anilines is 2. The second-order valence-corrected chi connectivity index (χ2v) is 12.1. The van der Waals surface area contributed by atoms with Crippen molar-refractivity contribution in [2.75, 3.05) is 44.4 Å². The summed E-state index contributed by atoms with van der Waals surface area (Å²) in [6, 6.07) is 12.3. The van der Waals surface area contributed by atoms with Crippen LogP contribution in [0.2, 0.25) is 0 Å². The molecule has 0 atom stereocenters. The maximum atomic E-state index is 13.1. The van der Waals surface area contributed by atoms with Crippen molar-refractivity contribution in [3.63, 3.8) is 0 Å². The lowest BCUT2D eigenvalue weighted by Gasteiger charge is -2.27. The van der Waals surface area contributed by atoms with Gasteiger partial charge in [0.2, 0.25) is 5.91 Å². The average Bonchev–Trinajstić information content (AvgIpc) is 3.56. The predicted octanol–water partition coefficient (Wildman–Crippen LogP) is 3.89. The number of hydrogen-bond donors (Lipinski definition) is 3. The summed E-state index contributed by atoms with van der Waals surface area (Å²) in [5, 5.41) is 10.2. The van der Waals surface area contributed by atoms with E-state index in [-0.39, 0.29) is 48.1 Å². The Bertz CT molecular complexity index is 1760. The van der Waals surface area contributed by atoms with Crippen LogP contribution in [0.4, 0.5) is 10.8 Å². The standard InChI is InChI=1S/C32H35N7O5S/c1-19-27(29(42)35-21-17-24(38(4)18-21)28(41)33-14-8-15-37(2)3)45-32(34-19)36-25(40)13-7-16-39-30(43)22-11-5-9-20-10-6-12-23(26(20)22)31(39)44/h5-6,9-12,17-18H,7-8,13-16H2,1-4H3,(H,33,41)(H,35,42)(H,34,36,40). The molecule has 0 spiro atoms. The van der Waals surface area contributed by atoms with Gasteiger partial charge in [0.25, 0.3) is 23.6 Å². The van der Waals surface area contributed by atoms with Crippen LogP contribution in [0.3, 0.4) is 0 Å². The molecule has 0 saturated carbocycles. The third-order valence-electron chi connectivity index (χ3n) is 7.45. The molecule has 12 nitrogen and oxygen atoms in total. The number of hydrogen-bond acceptors (Lipinski definition) is 8. The number of benzene rings is 2. The van der Waals surface area contributed by atoms with Crippen LogP contribution in [0.25, 0.3) is 10.8 Å². The van der Waals surface area contributed by atoms with Gasteiger partial charge in [0, 0.05) is 49.3 Å². The smallest absolute Gasteiger partial charge is 0.267 e. The SMILES string of the molecule is Cc1nc(NC(=O)CCCN2C(=O)c3cccc4cccc(c34)C2=O)sc1C(=O)Nc1cc(C(=O)NCCCN(C)C)n(C)c1. The number of nitrogens with zero attached hydrogens (tertiary/aromatic N) is 4. The van der Waals surface area contributed by atoms with Crippen molar-refractivity contribution in [2.45, 2.75) is 26.2 Å². The molecule has 5 amide bonds. The van der Waals surface area contributed by atoms with Gasteiger partial charge in [-0.05, 0) is 64.0 Å². The summed E-state index contributed by atoms with van der Waals surface area (Å²) in [6.45, 7) is 3.16. The molecule has 234 valence electrons. The van der Waals surface area contributed by atoms with Crippen molar-refractivity contribution in [3.05, 3.63) is 76.1 Å². The van der Waals surface area contributed by atoms with Crippen molar-refractivity contribution in [1.82, 2.24) is 24.7 Å². The van der Waals surface area contributed by atoms with Crippen LogP contribution in [0, 0.1) is 6.92 Å². The minimum Gasteiger partial charge on any atom is -0.351 e. The van der Waals surface area contributed by atoms with Crippen molar-refractivity contribution >= 4 is 62.5 Å². The zero-order chi connectivity index (χ0) is 32.2. The lowest BCUT2D eigenvalue weighted by atomic mass is 9.94. The van der Waals surface area contributed by atoms with Crippen LogP contribution < -0.4 is 16.0 Å². The summed E-state index contributed by atoms with van der Waals surface area (Å²) in [7, 11) is 5.67. The van der Waals surface area contributed by atoms with E-state index in [0.717, 1.165) is 29.7 Å². The highest BCUT2D eigenvalue weighted by molar-refractivity contribution is 7.17. The number of carbonyl (C=O) groups excluding carboxylic acids is 5. The summed E-state index contributed by atoms with van der Waals surface area (Å²) in [4.78, 5) is 72.3. The highest BCUT2D eigenvalue weighted by atomic mass is 32.1. The molecule has 0 saturated heterocycles. The number of nitrogens with one attached hydrogen (secondary N) is 3. The lowest BCUT2D eigenvalue weighted by molar-refractivity contribution is -0.116. The van der Waals surface area contributed by atoms with E-state index in [1.165, 1.54) is 4.90 Å². The fourth-order valence-electron chi connectivity index (χ4n) is 5.26. The zero-order valence-corrected chi connectivity index (χ0v) is 26.4. The molecule has 45 heavy (non-hydrogen) atoms. The van der Waals surface area contributed by atoms with Crippen LogP contribution in [0.5, 0.6) is 0 Å². The largest absolute Gasteiger partial charge is 0.351 e. The highest BCUT2D eigenvalue weighted by Gasteiger charge is 2.32. The maximum absolute atomic E-state index is 13.1. The molecule has 3 heterocycles. The van der Waals surface area contributed by atoms with Gasteiger partial charge in [0.15, 0.2) is 5.13 Å². The van der Waals surface area contributed by atoms with Gasteiger partial charge in [-0.15, -0.1) is 0 Å². The molecule has 3 N–H and O–H groups in total. The van der Waals surface area contributed by atoms with E-state index in [9.17, 15) is 24.0 Å². The molecule has 2 aromatic carbocycles. The van der Waals surface area contributed by atoms with Crippen molar-refractivity contribution in [2.24, 2.45) is 7.05 Å². The molecule has 1 aliphatic rings. The van der Waals surface area contributed by atoms with E-state index < -0.39 is 5.91 Å². The molecule has 0 radical (unpaired) electrons. The third-order valence-corrected chi connectivity index (χ3v) is 8.53. The van der Waals surface area contributed by atoms with Crippen molar-refractivity contribution in [1.29, 1.82) is 0 Å². The first kappa shape index (κ1) is 31.5. The number of aryl methyl sites for hydroxylation is 2. The molecule has 13 heteroatoms. The topological polar surface area (TPSA) is 146 Å². The minimum absolute atomic E-state index is 0.0487. The van der Waals surface area contributed by atoms with Gasteiger partial charge >= 0.3 is 0 Å². The fraction of sp³-hybridized carbons (Fsp3) is 0.312. The van der Waals surface area contributed by atoms with E-state index >= 15 is 0 Å². The van der Waals surface area contributed by atoms with Gasteiger partial charge in [-0.25, -0.2) is 4.98 Å². The second-order valence-electron chi connectivity index (χ2n) is 11.1. The number of amides is 5. The van der Waals surface area contributed by atoms with Crippen molar-refractivity contribution < 1.29 is 24.0 Å². The Balaban J connectivity index is 1.13. The van der Waals surface area contributed by atoms with Gasteiger partial charge in [-0.3, -0.25) is 28.9 Å². The quantitative estimate of drug-likeness (QED) is 0.159. The predicted molar refractivity (Wildman–Crippen MR) is 173 cm³/mol. The molecule has 5 rings (SSSR count). The first-order chi connectivity index (χ1) is 21.5. The molecule has 4 aromatic rings. The van der Waals surface area contributed by atoms with Crippen LogP contribution >= 0.6 is 11.3 Å². The third kappa shape index (κ3) is 6.94. The second kappa shape index (κ2) is 13.4. The summed E-state index contributed by atoms with van der Waals surface area (Å²) in [5.74, 6) is -1.73. The molecular weight excluding hydrogens is 594 g/mol. The number of aromatic nitrogens is 2. The highest BCUT2D eigenvalue weighted by Crippen LogP contribution is 2.30. The van der Waals surface area contributed by atoms with Crippen molar-refractivity contribution in [3.8, 4) is 0 Å². The summed E-state index contributed by atoms with van der Waals surface area (Å²) in [6.07, 6.45) is 2.79. The number of thiazole rings is 1. The Hall–Kier alpha value is -4.88. The summed E-state index contributed by atoms with van der Waals surface area (Å²) >= 11 is 1.04. The normalized spacial score (nSPS) is 12.6. The average molecular weight is 630 g/mol. The van der Waals surface area contributed by atoms with Crippen LogP contribution in [0.1, 0.15) is 65.8 Å². The molecule has 0 fully saturated rings. The Morgan fingerprint density at radius 2 is 1.64 bits per heavy atom.